The Morgan fingerprint density at radius 1 is 1.25 bits per heavy atom. The van der Waals surface area contributed by atoms with Gasteiger partial charge in [0, 0.05) is 25.2 Å². The minimum absolute atomic E-state index is 0.0411. The van der Waals surface area contributed by atoms with Gasteiger partial charge in [-0.1, -0.05) is 0 Å². The molecule has 0 saturated carbocycles. The van der Waals surface area contributed by atoms with Crippen molar-refractivity contribution in [1.82, 2.24) is 14.3 Å². The van der Waals surface area contributed by atoms with Crippen molar-refractivity contribution in [2.45, 2.75) is 44.7 Å². The Morgan fingerprint density at radius 3 is 2.56 bits per heavy atom. The molecule has 94 valence electrons. The van der Waals surface area contributed by atoms with Crippen LogP contribution in [0.15, 0.2) is 0 Å². The molecule has 2 rings (SSSR count). The predicted octanol–water partition coefficient (Wildman–Crippen LogP) is 0.0571. The molecular formula is C10H21N3O2S. The summed E-state index contributed by atoms with van der Waals surface area (Å²) in [5.74, 6) is 0. The zero-order valence-electron chi connectivity index (χ0n) is 9.78. The largest absolute Gasteiger partial charge is 0.313 e. The van der Waals surface area contributed by atoms with E-state index < -0.39 is 10.2 Å². The summed E-state index contributed by atoms with van der Waals surface area (Å²) in [6.45, 7) is 4.37. The quantitative estimate of drug-likeness (QED) is 0.741. The molecule has 0 aromatic carbocycles. The van der Waals surface area contributed by atoms with E-state index in [1.54, 1.807) is 4.31 Å². The van der Waals surface area contributed by atoms with E-state index in [4.69, 9.17) is 0 Å². The molecule has 6 heteroatoms. The van der Waals surface area contributed by atoms with Crippen molar-refractivity contribution in [3.8, 4) is 0 Å². The summed E-state index contributed by atoms with van der Waals surface area (Å²) in [5.41, 5.74) is 0. The Labute approximate surface area is 97.8 Å². The maximum absolute atomic E-state index is 12.0. The summed E-state index contributed by atoms with van der Waals surface area (Å²) in [5, 5.41) is 3.30. The van der Waals surface area contributed by atoms with E-state index in [0.717, 1.165) is 32.2 Å². The lowest BCUT2D eigenvalue weighted by Crippen LogP contribution is -2.54. The van der Waals surface area contributed by atoms with E-state index in [-0.39, 0.29) is 12.1 Å². The second-order valence-corrected chi connectivity index (χ2v) is 6.42. The Balaban J connectivity index is 1.96. The molecule has 5 nitrogen and oxygen atoms in total. The van der Waals surface area contributed by atoms with E-state index in [9.17, 15) is 8.42 Å². The predicted molar refractivity (Wildman–Crippen MR) is 63.3 cm³/mol. The molecule has 2 heterocycles. The Hall–Kier alpha value is -0.170. The van der Waals surface area contributed by atoms with Gasteiger partial charge in [-0.15, -0.1) is 0 Å². The summed E-state index contributed by atoms with van der Waals surface area (Å²) >= 11 is 0. The van der Waals surface area contributed by atoms with Crippen molar-refractivity contribution < 1.29 is 8.42 Å². The van der Waals surface area contributed by atoms with Crippen LogP contribution in [0.5, 0.6) is 0 Å². The van der Waals surface area contributed by atoms with Gasteiger partial charge in [-0.2, -0.15) is 17.4 Å². The van der Waals surface area contributed by atoms with Gasteiger partial charge in [0.25, 0.3) is 10.2 Å². The zero-order valence-corrected chi connectivity index (χ0v) is 10.6. The highest BCUT2D eigenvalue weighted by Crippen LogP contribution is 2.15. The first-order valence-corrected chi connectivity index (χ1v) is 7.54. The molecule has 16 heavy (non-hydrogen) atoms. The first kappa shape index (κ1) is 12.3. The van der Waals surface area contributed by atoms with Crippen molar-refractivity contribution in [1.29, 1.82) is 0 Å². The summed E-state index contributed by atoms with van der Waals surface area (Å²) in [4.78, 5) is 0. The normalized spacial score (nSPS) is 33.1. The number of piperidine rings is 1. The highest BCUT2D eigenvalue weighted by Gasteiger charge is 2.30. The molecule has 2 aliphatic rings. The van der Waals surface area contributed by atoms with Crippen molar-refractivity contribution in [3.05, 3.63) is 0 Å². The topological polar surface area (TPSA) is 61.4 Å². The first-order chi connectivity index (χ1) is 7.59. The minimum Gasteiger partial charge on any atom is -0.313 e. The van der Waals surface area contributed by atoms with Gasteiger partial charge in [-0.3, -0.25) is 0 Å². The van der Waals surface area contributed by atoms with Gasteiger partial charge < -0.3 is 5.32 Å². The van der Waals surface area contributed by atoms with E-state index in [1.807, 2.05) is 6.92 Å². The molecule has 2 fully saturated rings. The fourth-order valence-electron chi connectivity index (χ4n) is 2.40. The number of hydrogen-bond acceptors (Lipinski definition) is 3. The SMILES string of the molecule is CC1NCCCC1NS(=O)(=O)N1CCCC1. The van der Waals surface area contributed by atoms with Gasteiger partial charge in [0.2, 0.25) is 0 Å². The molecule has 0 aromatic rings. The first-order valence-electron chi connectivity index (χ1n) is 6.10. The van der Waals surface area contributed by atoms with Crippen LogP contribution in [-0.4, -0.2) is 44.4 Å². The molecule has 0 aromatic heterocycles. The molecule has 0 bridgehead atoms. The van der Waals surface area contributed by atoms with Gasteiger partial charge >= 0.3 is 0 Å². The lowest BCUT2D eigenvalue weighted by Gasteiger charge is -2.31. The van der Waals surface area contributed by atoms with Crippen LogP contribution in [0.4, 0.5) is 0 Å². The second-order valence-electron chi connectivity index (χ2n) is 4.72. The van der Waals surface area contributed by atoms with Crippen molar-refractivity contribution in [2.24, 2.45) is 0 Å². The zero-order chi connectivity index (χ0) is 11.6. The van der Waals surface area contributed by atoms with Crippen molar-refractivity contribution >= 4 is 10.2 Å². The monoisotopic (exact) mass is 247 g/mol. The summed E-state index contributed by atoms with van der Waals surface area (Å²) in [6, 6.07) is 0.269. The van der Waals surface area contributed by atoms with E-state index in [1.165, 1.54) is 0 Å². The molecule has 0 aliphatic carbocycles. The third-order valence-corrected chi connectivity index (χ3v) is 5.11. The summed E-state index contributed by atoms with van der Waals surface area (Å²) in [7, 11) is -3.25. The lowest BCUT2D eigenvalue weighted by atomic mass is 10.0. The summed E-state index contributed by atoms with van der Waals surface area (Å²) in [6.07, 6.45) is 3.94. The van der Waals surface area contributed by atoms with Gasteiger partial charge in [0.15, 0.2) is 0 Å². The van der Waals surface area contributed by atoms with E-state index in [2.05, 4.69) is 10.0 Å². The third-order valence-electron chi connectivity index (χ3n) is 3.47. The van der Waals surface area contributed by atoms with Crippen LogP contribution >= 0.6 is 0 Å². The highest BCUT2D eigenvalue weighted by molar-refractivity contribution is 7.87. The standard InChI is InChI=1S/C10H21N3O2S/c1-9-10(5-4-6-11-9)12-16(14,15)13-7-2-3-8-13/h9-12H,2-8H2,1H3. The molecule has 2 N–H and O–H groups in total. The fourth-order valence-corrected chi connectivity index (χ4v) is 3.99. The van der Waals surface area contributed by atoms with Crippen LogP contribution in [-0.2, 0) is 10.2 Å². The Kier molecular flexibility index (Phi) is 3.84. The highest BCUT2D eigenvalue weighted by atomic mass is 32.2. The number of rotatable bonds is 3. The van der Waals surface area contributed by atoms with Crippen LogP contribution < -0.4 is 10.0 Å². The third kappa shape index (κ3) is 2.74. The van der Waals surface area contributed by atoms with Crippen LogP contribution in [0.2, 0.25) is 0 Å². The number of nitrogens with zero attached hydrogens (tertiary/aromatic N) is 1. The maximum atomic E-state index is 12.0. The molecule has 0 amide bonds. The van der Waals surface area contributed by atoms with Crippen LogP contribution in [0, 0.1) is 0 Å². The van der Waals surface area contributed by atoms with Crippen molar-refractivity contribution in [3.63, 3.8) is 0 Å². The van der Waals surface area contributed by atoms with Gasteiger partial charge in [0.05, 0.1) is 0 Å². The van der Waals surface area contributed by atoms with Gasteiger partial charge in [-0.25, -0.2) is 0 Å². The molecule has 2 saturated heterocycles. The molecule has 2 atom stereocenters. The van der Waals surface area contributed by atoms with E-state index in [0.29, 0.717) is 13.1 Å². The van der Waals surface area contributed by atoms with Crippen LogP contribution in [0.25, 0.3) is 0 Å². The minimum atomic E-state index is -3.25. The Morgan fingerprint density at radius 2 is 1.94 bits per heavy atom. The average molecular weight is 247 g/mol. The fraction of sp³-hybridized carbons (Fsp3) is 1.00. The molecule has 0 radical (unpaired) electrons. The maximum Gasteiger partial charge on any atom is 0.279 e. The molecular weight excluding hydrogens is 226 g/mol. The lowest BCUT2D eigenvalue weighted by molar-refractivity contribution is 0.340. The van der Waals surface area contributed by atoms with E-state index >= 15 is 0 Å². The Bertz CT molecular complexity index is 325. The van der Waals surface area contributed by atoms with Crippen LogP contribution in [0.3, 0.4) is 0 Å². The van der Waals surface area contributed by atoms with Gasteiger partial charge in [0.1, 0.15) is 0 Å². The average Bonchev–Trinajstić information content (AvgIpc) is 2.75. The molecule has 2 unspecified atom stereocenters. The molecule has 2 aliphatic heterocycles. The van der Waals surface area contributed by atoms with Crippen molar-refractivity contribution in [2.75, 3.05) is 19.6 Å². The smallest absolute Gasteiger partial charge is 0.279 e. The summed E-state index contributed by atoms with van der Waals surface area (Å²) < 4.78 is 28.5. The number of nitrogens with one attached hydrogen (secondary N) is 2. The van der Waals surface area contributed by atoms with Crippen LogP contribution in [0.1, 0.15) is 32.6 Å². The second kappa shape index (κ2) is 5.00. The van der Waals surface area contributed by atoms with Gasteiger partial charge in [-0.05, 0) is 39.2 Å². The molecule has 0 spiro atoms. The number of hydrogen-bond donors (Lipinski definition) is 2.